The first kappa shape index (κ1) is 13.3. The largest absolute Gasteiger partial charge is 0.389 e. The van der Waals surface area contributed by atoms with Crippen LogP contribution in [0.2, 0.25) is 5.02 Å². The number of aliphatic hydroxyl groups excluding tert-OH is 1. The van der Waals surface area contributed by atoms with E-state index in [0.717, 1.165) is 18.0 Å². The molecule has 1 aromatic carbocycles. The molecule has 3 rings (SSSR count). The van der Waals surface area contributed by atoms with Crippen molar-refractivity contribution >= 4 is 17.3 Å². The summed E-state index contributed by atoms with van der Waals surface area (Å²) < 4.78 is 0. The first-order chi connectivity index (χ1) is 9.16. The first-order valence-electron chi connectivity index (χ1n) is 7.41. The highest BCUT2D eigenvalue weighted by Gasteiger charge is 2.35. The van der Waals surface area contributed by atoms with Crippen LogP contribution in [0.4, 0.5) is 5.69 Å². The predicted molar refractivity (Wildman–Crippen MR) is 79.8 cm³/mol. The van der Waals surface area contributed by atoms with Crippen LogP contribution in [0.3, 0.4) is 0 Å². The van der Waals surface area contributed by atoms with E-state index in [2.05, 4.69) is 11.0 Å². The lowest BCUT2D eigenvalue weighted by molar-refractivity contribution is 0.199. The van der Waals surface area contributed by atoms with Crippen LogP contribution in [-0.4, -0.2) is 17.7 Å². The lowest BCUT2D eigenvalue weighted by atomic mass is 9.85. The topological polar surface area (TPSA) is 23.5 Å². The summed E-state index contributed by atoms with van der Waals surface area (Å²) in [6, 6.07) is 6.83. The Kier molecular flexibility index (Phi) is 3.72. The molecule has 2 nitrogen and oxygen atoms in total. The smallest absolute Gasteiger partial charge is 0.0776 e. The average molecular weight is 280 g/mol. The fraction of sp³-hybridized carbons (Fsp3) is 0.625. The van der Waals surface area contributed by atoms with Crippen molar-refractivity contribution in [1.29, 1.82) is 0 Å². The quantitative estimate of drug-likeness (QED) is 0.879. The van der Waals surface area contributed by atoms with Gasteiger partial charge in [-0.25, -0.2) is 0 Å². The zero-order chi connectivity index (χ0) is 13.4. The summed E-state index contributed by atoms with van der Waals surface area (Å²) in [5.74, 6) is 0.879. The number of benzene rings is 1. The summed E-state index contributed by atoms with van der Waals surface area (Å²) in [6.07, 6.45) is 6.29. The number of aliphatic hydroxyl groups is 1. The van der Waals surface area contributed by atoms with Crippen LogP contribution in [0.5, 0.6) is 0 Å². The van der Waals surface area contributed by atoms with Crippen molar-refractivity contribution in [2.24, 2.45) is 5.92 Å². The standard InChI is InChI=1S/C16H22ClNO/c1-11(19)14-7-6-13(10-15(14)17)18-9-8-12-4-2-3-5-16(12)18/h6-7,10-12,16,19H,2-5,8-9H2,1H3. The van der Waals surface area contributed by atoms with Gasteiger partial charge in [0.2, 0.25) is 0 Å². The maximum Gasteiger partial charge on any atom is 0.0776 e. The van der Waals surface area contributed by atoms with Gasteiger partial charge in [0.15, 0.2) is 0 Å². The molecule has 3 unspecified atom stereocenters. The van der Waals surface area contributed by atoms with Crippen molar-refractivity contribution in [2.75, 3.05) is 11.4 Å². The zero-order valence-corrected chi connectivity index (χ0v) is 12.2. The lowest BCUT2D eigenvalue weighted by Crippen LogP contribution is -2.34. The molecule has 2 aliphatic rings. The highest BCUT2D eigenvalue weighted by atomic mass is 35.5. The average Bonchev–Trinajstić information content (AvgIpc) is 2.82. The van der Waals surface area contributed by atoms with Gasteiger partial charge in [0.25, 0.3) is 0 Å². The normalized spacial score (nSPS) is 28.3. The van der Waals surface area contributed by atoms with E-state index in [9.17, 15) is 5.11 Å². The molecule has 104 valence electrons. The van der Waals surface area contributed by atoms with E-state index >= 15 is 0 Å². The molecule has 3 atom stereocenters. The molecule has 1 aliphatic carbocycles. The number of rotatable bonds is 2. The zero-order valence-electron chi connectivity index (χ0n) is 11.5. The Labute approximate surface area is 120 Å². The van der Waals surface area contributed by atoms with Gasteiger partial charge in [-0.15, -0.1) is 0 Å². The Hall–Kier alpha value is -0.730. The number of nitrogens with zero attached hydrogens (tertiary/aromatic N) is 1. The summed E-state index contributed by atoms with van der Waals surface area (Å²) in [4.78, 5) is 2.53. The Morgan fingerprint density at radius 1 is 1.26 bits per heavy atom. The van der Waals surface area contributed by atoms with Gasteiger partial charge in [-0.05, 0) is 49.8 Å². The Bertz CT molecular complexity index is 460. The van der Waals surface area contributed by atoms with E-state index < -0.39 is 6.10 Å². The Balaban J connectivity index is 1.84. The lowest BCUT2D eigenvalue weighted by Gasteiger charge is -2.33. The van der Waals surface area contributed by atoms with E-state index in [1.165, 1.54) is 37.8 Å². The van der Waals surface area contributed by atoms with Crippen molar-refractivity contribution < 1.29 is 5.11 Å². The third-order valence-corrected chi connectivity index (χ3v) is 5.10. The molecule has 0 aromatic heterocycles. The fourth-order valence-electron chi connectivity index (χ4n) is 3.76. The molecule has 1 saturated carbocycles. The molecule has 1 N–H and O–H groups in total. The van der Waals surface area contributed by atoms with Gasteiger partial charge in [0.05, 0.1) is 6.10 Å². The molecule has 0 radical (unpaired) electrons. The highest BCUT2D eigenvalue weighted by Crippen LogP contribution is 2.40. The van der Waals surface area contributed by atoms with Gasteiger partial charge in [0.1, 0.15) is 0 Å². The van der Waals surface area contributed by atoms with Crippen molar-refractivity contribution in [2.45, 2.75) is 51.2 Å². The molecule has 2 fully saturated rings. The number of hydrogen-bond donors (Lipinski definition) is 1. The summed E-state index contributed by atoms with van der Waals surface area (Å²) in [7, 11) is 0. The van der Waals surface area contributed by atoms with Gasteiger partial charge in [-0.3, -0.25) is 0 Å². The third-order valence-electron chi connectivity index (χ3n) is 4.78. The molecule has 1 aliphatic heterocycles. The van der Waals surface area contributed by atoms with Crippen LogP contribution < -0.4 is 4.90 Å². The second-order valence-corrected chi connectivity index (χ2v) is 6.38. The van der Waals surface area contributed by atoms with Crippen LogP contribution in [0.25, 0.3) is 0 Å². The van der Waals surface area contributed by atoms with Crippen LogP contribution >= 0.6 is 11.6 Å². The second kappa shape index (κ2) is 5.34. The number of fused-ring (bicyclic) bond motifs is 1. The third kappa shape index (κ3) is 2.48. The SMILES string of the molecule is CC(O)c1ccc(N2CCC3CCCCC32)cc1Cl. The van der Waals surface area contributed by atoms with E-state index in [0.29, 0.717) is 11.1 Å². The van der Waals surface area contributed by atoms with Crippen LogP contribution in [0.1, 0.15) is 50.7 Å². The Morgan fingerprint density at radius 2 is 2.05 bits per heavy atom. The molecule has 1 aromatic rings. The second-order valence-electron chi connectivity index (χ2n) is 5.98. The predicted octanol–water partition coefficient (Wildman–Crippen LogP) is 4.16. The van der Waals surface area contributed by atoms with Gasteiger partial charge >= 0.3 is 0 Å². The first-order valence-corrected chi connectivity index (χ1v) is 7.79. The maximum atomic E-state index is 9.65. The molecule has 1 heterocycles. The highest BCUT2D eigenvalue weighted by molar-refractivity contribution is 6.31. The molecule has 3 heteroatoms. The number of anilines is 1. The van der Waals surface area contributed by atoms with Crippen LogP contribution in [0.15, 0.2) is 18.2 Å². The molecular formula is C16H22ClNO. The fourth-order valence-corrected chi connectivity index (χ4v) is 4.09. The van der Waals surface area contributed by atoms with E-state index in [4.69, 9.17) is 11.6 Å². The van der Waals surface area contributed by atoms with Gasteiger partial charge in [-0.1, -0.05) is 30.5 Å². The van der Waals surface area contributed by atoms with Crippen LogP contribution in [-0.2, 0) is 0 Å². The van der Waals surface area contributed by atoms with Gasteiger partial charge in [-0.2, -0.15) is 0 Å². The molecule has 1 saturated heterocycles. The van der Waals surface area contributed by atoms with Crippen molar-refractivity contribution in [3.63, 3.8) is 0 Å². The minimum atomic E-state index is -0.498. The van der Waals surface area contributed by atoms with Crippen molar-refractivity contribution in [3.05, 3.63) is 28.8 Å². The molecule has 19 heavy (non-hydrogen) atoms. The van der Waals surface area contributed by atoms with E-state index in [1.807, 2.05) is 12.1 Å². The molecule has 0 amide bonds. The maximum absolute atomic E-state index is 9.65. The minimum absolute atomic E-state index is 0.498. The van der Waals surface area contributed by atoms with Crippen molar-refractivity contribution in [1.82, 2.24) is 0 Å². The monoisotopic (exact) mass is 279 g/mol. The van der Waals surface area contributed by atoms with E-state index in [-0.39, 0.29) is 0 Å². The summed E-state index contributed by atoms with van der Waals surface area (Å²) in [6.45, 7) is 2.91. The van der Waals surface area contributed by atoms with Crippen molar-refractivity contribution in [3.8, 4) is 0 Å². The number of hydrogen-bond acceptors (Lipinski definition) is 2. The molecule has 0 spiro atoms. The minimum Gasteiger partial charge on any atom is -0.389 e. The molecular weight excluding hydrogens is 258 g/mol. The molecule has 0 bridgehead atoms. The van der Waals surface area contributed by atoms with Crippen LogP contribution in [0, 0.1) is 5.92 Å². The summed E-state index contributed by atoms with van der Waals surface area (Å²) in [5, 5.41) is 10.3. The van der Waals surface area contributed by atoms with Gasteiger partial charge < -0.3 is 10.0 Å². The number of halogens is 1. The Morgan fingerprint density at radius 3 is 2.79 bits per heavy atom. The summed E-state index contributed by atoms with van der Waals surface area (Å²) >= 11 is 6.29. The van der Waals surface area contributed by atoms with Gasteiger partial charge in [0, 0.05) is 23.3 Å². The van der Waals surface area contributed by atoms with E-state index in [1.54, 1.807) is 6.92 Å². The summed E-state index contributed by atoms with van der Waals surface area (Å²) in [5.41, 5.74) is 2.05.